The van der Waals surface area contributed by atoms with Crippen LogP contribution in [0, 0.1) is 0 Å². The average molecular weight is 334 g/mol. The van der Waals surface area contributed by atoms with Crippen molar-refractivity contribution >= 4 is 16.7 Å². The number of nitrogens with one attached hydrogen (secondary N) is 1. The molecule has 1 aromatic carbocycles. The molecule has 0 amide bonds. The monoisotopic (exact) mass is 334 g/mol. The number of fused-ring (bicyclic) bond motifs is 1. The lowest BCUT2D eigenvalue weighted by Gasteiger charge is -2.08. The number of aliphatic imine (C=N–C) groups is 1. The van der Waals surface area contributed by atoms with Crippen LogP contribution in [-0.2, 0) is 13.6 Å². The molecular weight excluding hydrogens is 310 g/mol. The molecule has 0 spiro atoms. The van der Waals surface area contributed by atoms with Crippen LogP contribution in [0.25, 0.3) is 10.9 Å². The van der Waals surface area contributed by atoms with Crippen molar-refractivity contribution < 1.29 is 4.57 Å². The molecule has 1 aliphatic heterocycles. The Labute approximate surface area is 147 Å². The first-order valence-electron chi connectivity index (χ1n) is 8.76. The minimum atomic E-state index is 0.312. The van der Waals surface area contributed by atoms with Crippen LogP contribution in [0.4, 0.5) is 0 Å². The van der Waals surface area contributed by atoms with Gasteiger partial charge in [-0.2, -0.15) is 0 Å². The van der Waals surface area contributed by atoms with Gasteiger partial charge in [0.05, 0.1) is 16.9 Å². The molecule has 4 rings (SSSR count). The van der Waals surface area contributed by atoms with Gasteiger partial charge in [0.25, 0.3) is 0 Å². The number of amidine groups is 1. The Morgan fingerprint density at radius 2 is 2.12 bits per heavy atom. The molecule has 2 aromatic heterocycles. The highest BCUT2D eigenvalue weighted by molar-refractivity contribution is 5.97. The van der Waals surface area contributed by atoms with Crippen molar-refractivity contribution in [2.45, 2.75) is 19.0 Å². The van der Waals surface area contributed by atoms with Crippen molar-refractivity contribution in [2.24, 2.45) is 17.8 Å². The smallest absolute Gasteiger partial charge is 0.177 e. The zero-order valence-electron chi connectivity index (χ0n) is 14.5. The molecule has 5 nitrogen and oxygen atoms in total. The predicted octanol–water partition coefficient (Wildman–Crippen LogP) is 1.58. The first-order valence-corrected chi connectivity index (χ1v) is 8.76. The number of hydrogen-bond donors (Lipinski definition) is 2. The van der Waals surface area contributed by atoms with Crippen LogP contribution in [-0.4, -0.2) is 29.5 Å². The second kappa shape index (κ2) is 6.69. The van der Waals surface area contributed by atoms with E-state index in [1.165, 1.54) is 16.5 Å². The van der Waals surface area contributed by atoms with E-state index in [0.717, 1.165) is 31.6 Å². The van der Waals surface area contributed by atoms with Gasteiger partial charge < -0.3 is 15.6 Å². The molecule has 3 N–H and O–H groups in total. The molecule has 1 saturated heterocycles. The molecule has 1 atom stereocenters. The van der Waals surface area contributed by atoms with Crippen molar-refractivity contribution in [1.29, 1.82) is 0 Å². The van der Waals surface area contributed by atoms with Crippen LogP contribution >= 0.6 is 0 Å². The predicted molar refractivity (Wildman–Crippen MR) is 101 cm³/mol. The van der Waals surface area contributed by atoms with Gasteiger partial charge in [-0.15, -0.1) is 0 Å². The fraction of sp³-hybridized carbons (Fsp3) is 0.300. The summed E-state index contributed by atoms with van der Waals surface area (Å²) in [6, 6.07) is 13.0. The zero-order chi connectivity index (χ0) is 17.2. The maximum atomic E-state index is 6.16. The molecule has 0 bridgehead atoms. The summed E-state index contributed by atoms with van der Waals surface area (Å²) in [6.07, 6.45) is 7.43. The Morgan fingerprint density at radius 3 is 2.88 bits per heavy atom. The number of pyridine rings is 1. The molecule has 3 aromatic rings. The van der Waals surface area contributed by atoms with E-state index in [-0.39, 0.29) is 0 Å². The molecule has 25 heavy (non-hydrogen) atoms. The van der Waals surface area contributed by atoms with Crippen molar-refractivity contribution in [3.8, 4) is 0 Å². The number of benzene rings is 1. The summed E-state index contributed by atoms with van der Waals surface area (Å²) in [7, 11) is 2.04. The van der Waals surface area contributed by atoms with Crippen LogP contribution in [0.15, 0.2) is 60.0 Å². The summed E-state index contributed by atoms with van der Waals surface area (Å²) in [5.74, 6) is 0.638. The quantitative estimate of drug-likeness (QED) is 0.432. The molecule has 0 radical (unpaired) electrons. The third kappa shape index (κ3) is 3.42. The largest absolute Gasteiger partial charge is 0.383 e. The van der Waals surface area contributed by atoms with Gasteiger partial charge in [0.1, 0.15) is 12.9 Å². The van der Waals surface area contributed by atoms with Crippen molar-refractivity contribution in [3.63, 3.8) is 0 Å². The second-order valence-electron chi connectivity index (χ2n) is 6.75. The Kier molecular flexibility index (Phi) is 4.24. The summed E-state index contributed by atoms with van der Waals surface area (Å²) in [4.78, 5) is 4.63. The fourth-order valence-corrected chi connectivity index (χ4v) is 3.39. The summed E-state index contributed by atoms with van der Waals surface area (Å²) in [5, 5.41) is 4.57. The normalized spacial score (nSPS) is 18.1. The standard InChI is InChI=1S/C20H24N5/c1-24-10-8-19-17(14-24)7-11-25(19)13-15-2-4-16(5-3-15)20(21)23-18-6-9-22-12-18/h2-5,7-8,10-11,14,18,22H,6,9,12-13H2,1H3,(H2,21,23)/q+1. The summed E-state index contributed by atoms with van der Waals surface area (Å²) in [6.45, 7) is 2.81. The van der Waals surface area contributed by atoms with Crippen LogP contribution in [0.2, 0.25) is 0 Å². The molecule has 1 fully saturated rings. The lowest BCUT2D eigenvalue weighted by Crippen LogP contribution is -2.25. The number of hydrogen-bond acceptors (Lipinski definition) is 2. The van der Waals surface area contributed by atoms with E-state index in [1.807, 2.05) is 7.05 Å². The van der Waals surface area contributed by atoms with Crippen LogP contribution < -0.4 is 15.6 Å². The topological polar surface area (TPSA) is 59.2 Å². The lowest BCUT2D eigenvalue weighted by atomic mass is 10.1. The van der Waals surface area contributed by atoms with Gasteiger partial charge >= 0.3 is 0 Å². The van der Waals surface area contributed by atoms with Gasteiger partial charge in [0.2, 0.25) is 0 Å². The first kappa shape index (κ1) is 15.8. The summed E-state index contributed by atoms with van der Waals surface area (Å²) in [5.41, 5.74) is 9.67. The van der Waals surface area contributed by atoms with Gasteiger partial charge in [-0.05, 0) is 24.6 Å². The average Bonchev–Trinajstić information content (AvgIpc) is 3.25. The van der Waals surface area contributed by atoms with Crippen LogP contribution in [0.5, 0.6) is 0 Å². The zero-order valence-corrected chi connectivity index (χ0v) is 14.5. The van der Waals surface area contributed by atoms with E-state index in [4.69, 9.17) is 5.73 Å². The highest BCUT2D eigenvalue weighted by atomic mass is 15.0. The Hall–Kier alpha value is -2.66. The van der Waals surface area contributed by atoms with Gasteiger partial charge in [-0.25, -0.2) is 4.57 Å². The molecule has 3 heterocycles. The Bertz CT molecular complexity index is 901. The lowest BCUT2D eigenvalue weighted by molar-refractivity contribution is -0.670. The number of aryl methyl sites for hydroxylation is 1. The van der Waals surface area contributed by atoms with E-state index < -0.39 is 0 Å². The summed E-state index contributed by atoms with van der Waals surface area (Å²) < 4.78 is 4.34. The maximum absolute atomic E-state index is 6.16. The third-order valence-corrected chi connectivity index (χ3v) is 4.81. The maximum Gasteiger partial charge on any atom is 0.177 e. The van der Waals surface area contributed by atoms with E-state index in [1.54, 1.807) is 0 Å². The van der Waals surface area contributed by atoms with Crippen molar-refractivity contribution in [1.82, 2.24) is 9.88 Å². The van der Waals surface area contributed by atoms with E-state index >= 15 is 0 Å². The highest BCUT2D eigenvalue weighted by Gasteiger charge is 2.13. The number of nitrogens with two attached hydrogens (primary N) is 1. The van der Waals surface area contributed by atoms with Crippen LogP contribution in [0.1, 0.15) is 17.5 Å². The van der Waals surface area contributed by atoms with Crippen molar-refractivity contribution in [3.05, 3.63) is 66.1 Å². The number of rotatable bonds is 4. The highest BCUT2D eigenvalue weighted by Crippen LogP contribution is 2.16. The van der Waals surface area contributed by atoms with Crippen molar-refractivity contribution in [2.75, 3.05) is 13.1 Å². The van der Waals surface area contributed by atoms with Gasteiger partial charge in [0, 0.05) is 30.9 Å². The van der Waals surface area contributed by atoms with Crippen LogP contribution in [0.3, 0.4) is 0 Å². The van der Waals surface area contributed by atoms with E-state index in [0.29, 0.717) is 11.9 Å². The molecule has 5 heteroatoms. The third-order valence-electron chi connectivity index (χ3n) is 4.81. The van der Waals surface area contributed by atoms with Gasteiger partial charge in [-0.3, -0.25) is 4.99 Å². The Balaban J connectivity index is 1.51. The van der Waals surface area contributed by atoms with Gasteiger partial charge in [-0.1, -0.05) is 24.3 Å². The van der Waals surface area contributed by atoms with E-state index in [2.05, 4.69) is 74.4 Å². The minimum absolute atomic E-state index is 0.312. The number of nitrogens with zero attached hydrogens (tertiary/aromatic N) is 3. The number of aromatic nitrogens is 2. The van der Waals surface area contributed by atoms with E-state index in [9.17, 15) is 0 Å². The Morgan fingerprint density at radius 1 is 1.28 bits per heavy atom. The SMILES string of the molecule is C[n+]1ccc2c(ccn2Cc2ccc(C(N)=NC3CCNC3)cc2)c1. The molecule has 128 valence electrons. The summed E-state index contributed by atoms with van der Waals surface area (Å²) >= 11 is 0. The molecule has 1 unspecified atom stereocenters. The fourth-order valence-electron chi connectivity index (χ4n) is 3.39. The molecule has 0 aliphatic carbocycles. The molecule has 1 aliphatic rings. The first-order chi connectivity index (χ1) is 12.2. The minimum Gasteiger partial charge on any atom is -0.383 e. The van der Waals surface area contributed by atoms with Gasteiger partial charge in [0.15, 0.2) is 12.4 Å². The molecule has 0 saturated carbocycles. The molecular formula is C20H24N5+. The second-order valence-corrected chi connectivity index (χ2v) is 6.75.